The van der Waals surface area contributed by atoms with Gasteiger partial charge >= 0.3 is 0 Å². The molecule has 0 amide bonds. The van der Waals surface area contributed by atoms with Crippen LogP contribution in [0.25, 0.3) is 11.0 Å². The van der Waals surface area contributed by atoms with Gasteiger partial charge in [0.05, 0.1) is 5.39 Å². The zero-order chi connectivity index (χ0) is 24.9. The first-order valence-electron chi connectivity index (χ1n) is 12.1. The lowest BCUT2D eigenvalue weighted by molar-refractivity contribution is 0.169. The van der Waals surface area contributed by atoms with Crippen molar-refractivity contribution in [2.45, 2.75) is 31.7 Å². The molecule has 2 N–H and O–H groups in total. The summed E-state index contributed by atoms with van der Waals surface area (Å²) in [6, 6.07) is 9.64. The predicted molar refractivity (Wildman–Crippen MR) is 141 cm³/mol. The van der Waals surface area contributed by atoms with Gasteiger partial charge in [0.2, 0.25) is 5.95 Å². The molecule has 184 valence electrons. The van der Waals surface area contributed by atoms with Crippen LogP contribution < -0.4 is 15.8 Å². The Labute approximate surface area is 206 Å². The minimum Gasteiger partial charge on any atom is -0.396 e. The number of fused-ring (bicyclic) bond motifs is 1. The van der Waals surface area contributed by atoms with Crippen molar-refractivity contribution in [1.29, 1.82) is 0 Å². The lowest BCUT2D eigenvalue weighted by Gasteiger charge is -2.29. The van der Waals surface area contributed by atoms with Crippen LogP contribution in [-0.4, -0.2) is 65.4 Å². The number of aromatic nitrogens is 3. The molecule has 2 aromatic heterocycles. The zero-order valence-electron chi connectivity index (χ0n) is 20.7. The molecule has 35 heavy (non-hydrogen) atoms. The van der Waals surface area contributed by atoms with E-state index in [0.29, 0.717) is 28.5 Å². The molecule has 3 aromatic rings. The fourth-order valence-electron chi connectivity index (χ4n) is 4.65. The van der Waals surface area contributed by atoms with Crippen LogP contribution in [0.4, 0.5) is 17.3 Å². The van der Waals surface area contributed by atoms with Crippen LogP contribution in [0.5, 0.6) is 0 Å². The monoisotopic (exact) mass is 474 g/mol. The number of pyridine rings is 1. The Bertz CT molecular complexity index is 1250. The topological polar surface area (TPSA) is 86.5 Å². The average molecular weight is 475 g/mol. The van der Waals surface area contributed by atoms with E-state index in [0.717, 1.165) is 50.1 Å². The summed E-state index contributed by atoms with van der Waals surface area (Å²) in [7, 11) is 6.21. The third kappa shape index (κ3) is 5.64. The van der Waals surface area contributed by atoms with E-state index < -0.39 is 0 Å². The summed E-state index contributed by atoms with van der Waals surface area (Å²) in [5, 5.41) is 13.5. The Morgan fingerprint density at radius 1 is 1.14 bits per heavy atom. The average Bonchev–Trinajstić information content (AvgIpc) is 2.87. The Kier molecular flexibility index (Phi) is 7.69. The number of aliphatic hydroxyl groups is 1. The minimum atomic E-state index is -0.146. The van der Waals surface area contributed by atoms with Gasteiger partial charge in [0, 0.05) is 62.0 Å². The van der Waals surface area contributed by atoms with Crippen LogP contribution in [0.3, 0.4) is 0 Å². The third-order valence-electron chi connectivity index (χ3n) is 6.83. The summed E-state index contributed by atoms with van der Waals surface area (Å²) in [6.45, 7) is 2.10. The van der Waals surface area contributed by atoms with Crippen molar-refractivity contribution in [2.24, 2.45) is 5.92 Å². The molecule has 8 nitrogen and oxygen atoms in total. The van der Waals surface area contributed by atoms with E-state index in [9.17, 15) is 9.90 Å². The van der Waals surface area contributed by atoms with Gasteiger partial charge in [0.15, 0.2) is 0 Å². The van der Waals surface area contributed by atoms with Gasteiger partial charge in [0.1, 0.15) is 5.65 Å². The number of nitrogens with zero attached hydrogens (tertiary/aromatic N) is 5. The van der Waals surface area contributed by atoms with E-state index >= 15 is 0 Å². The molecule has 1 aliphatic carbocycles. The number of hydrogen-bond donors (Lipinski definition) is 2. The number of hydrogen-bond acceptors (Lipinski definition) is 7. The summed E-state index contributed by atoms with van der Waals surface area (Å²) < 4.78 is 1.76. The Morgan fingerprint density at radius 3 is 2.49 bits per heavy atom. The summed E-state index contributed by atoms with van der Waals surface area (Å²) in [6.07, 6.45) is 10.8. The van der Waals surface area contributed by atoms with Crippen molar-refractivity contribution in [2.75, 3.05) is 51.1 Å². The second kappa shape index (κ2) is 10.9. The first kappa shape index (κ1) is 24.7. The van der Waals surface area contributed by atoms with E-state index in [1.54, 1.807) is 10.8 Å². The minimum absolute atomic E-state index is 0.0272. The molecule has 0 radical (unpaired) electrons. The number of rotatable bonds is 8. The highest BCUT2D eigenvalue weighted by molar-refractivity contribution is 5.82. The third-order valence-corrected chi connectivity index (χ3v) is 6.83. The van der Waals surface area contributed by atoms with Gasteiger partial charge in [-0.15, -0.1) is 6.42 Å². The van der Waals surface area contributed by atoms with Gasteiger partial charge in [-0.05, 0) is 70.0 Å². The first-order chi connectivity index (χ1) is 16.9. The largest absolute Gasteiger partial charge is 0.396 e. The highest BCUT2D eigenvalue weighted by atomic mass is 16.3. The SMILES string of the molecule is C#Cc1cc(=O)n(C2CCC(CO)CC2)c2nc(Nc3ccc(N(C)CCN(C)C)cc3)ncc12. The highest BCUT2D eigenvalue weighted by Crippen LogP contribution is 2.33. The van der Waals surface area contributed by atoms with Crippen LogP contribution in [0, 0.1) is 18.3 Å². The molecule has 4 rings (SSSR count). The van der Waals surface area contributed by atoms with E-state index in [2.05, 4.69) is 59.3 Å². The normalized spacial score (nSPS) is 17.9. The molecule has 0 spiro atoms. The van der Waals surface area contributed by atoms with Gasteiger partial charge < -0.3 is 20.2 Å². The van der Waals surface area contributed by atoms with Gasteiger partial charge in [-0.1, -0.05) is 5.92 Å². The second-order valence-corrected chi connectivity index (χ2v) is 9.60. The molecule has 1 aromatic carbocycles. The van der Waals surface area contributed by atoms with Crippen molar-refractivity contribution in [3.63, 3.8) is 0 Å². The summed E-state index contributed by atoms with van der Waals surface area (Å²) >= 11 is 0. The molecule has 0 unspecified atom stereocenters. The standard InChI is InChI=1S/C27H34N6O2/c1-5-20-16-25(35)33(23-10-6-19(18-34)7-11-23)26-24(20)17-28-27(30-26)29-21-8-12-22(13-9-21)32(4)15-14-31(2)3/h1,8-9,12-13,16-17,19,23,34H,6-7,10-11,14-15,18H2,2-4H3,(H,28,29,30). The summed E-state index contributed by atoms with van der Waals surface area (Å²) in [5.74, 6) is 3.32. The Balaban J connectivity index is 1.61. The highest BCUT2D eigenvalue weighted by Gasteiger charge is 2.25. The zero-order valence-corrected chi connectivity index (χ0v) is 20.7. The van der Waals surface area contributed by atoms with Crippen LogP contribution >= 0.6 is 0 Å². The molecular formula is C27H34N6O2. The second-order valence-electron chi connectivity index (χ2n) is 9.60. The molecule has 8 heteroatoms. The van der Waals surface area contributed by atoms with E-state index in [1.165, 1.54) is 6.07 Å². The lowest BCUT2D eigenvalue weighted by Crippen LogP contribution is -2.29. The van der Waals surface area contributed by atoms with Crippen molar-refractivity contribution in [3.8, 4) is 12.3 Å². The van der Waals surface area contributed by atoms with Crippen molar-refractivity contribution < 1.29 is 5.11 Å². The van der Waals surface area contributed by atoms with Crippen LogP contribution in [0.15, 0.2) is 41.3 Å². The van der Waals surface area contributed by atoms with Crippen molar-refractivity contribution >= 4 is 28.4 Å². The predicted octanol–water partition coefficient (Wildman–Crippen LogP) is 3.24. The van der Waals surface area contributed by atoms with E-state index in [1.807, 2.05) is 12.1 Å². The lowest BCUT2D eigenvalue weighted by atomic mass is 9.86. The molecule has 0 aliphatic heterocycles. The maximum absolute atomic E-state index is 13.1. The van der Waals surface area contributed by atoms with Crippen LogP contribution in [0.1, 0.15) is 37.3 Å². The molecule has 2 heterocycles. The van der Waals surface area contributed by atoms with Gasteiger partial charge in [0.25, 0.3) is 5.56 Å². The number of nitrogens with one attached hydrogen (secondary N) is 1. The summed E-state index contributed by atoms with van der Waals surface area (Å²) in [5.41, 5.74) is 2.90. The number of terminal acetylenes is 1. The molecule has 1 saturated carbocycles. The molecule has 0 saturated heterocycles. The number of likely N-dealkylation sites (N-methyl/N-ethyl adjacent to an activating group) is 2. The fraction of sp³-hybridized carbons (Fsp3) is 0.444. The van der Waals surface area contributed by atoms with Crippen LogP contribution in [0.2, 0.25) is 0 Å². The van der Waals surface area contributed by atoms with Crippen molar-refractivity contribution in [3.05, 3.63) is 52.4 Å². The van der Waals surface area contributed by atoms with E-state index in [4.69, 9.17) is 11.4 Å². The van der Waals surface area contributed by atoms with Gasteiger partial charge in [-0.2, -0.15) is 4.98 Å². The quantitative estimate of drug-likeness (QED) is 0.485. The van der Waals surface area contributed by atoms with Crippen LogP contribution in [-0.2, 0) is 0 Å². The maximum Gasteiger partial charge on any atom is 0.253 e. The smallest absolute Gasteiger partial charge is 0.253 e. The van der Waals surface area contributed by atoms with E-state index in [-0.39, 0.29) is 18.2 Å². The first-order valence-corrected chi connectivity index (χ1v) is 12.1. The van der Waals surface area contributed by atoms with Crippen molar-refractivity contribution in [1.82, 2.24) is 19.4 Å². The van der Waals surface area contributed by atoms with Gasteiger partial charge in [-0.25, -0.2) is 4.98 Å². The number of aliphatic hydroxyl groups excluding tert-OH is 1. The summed E-state index contributed by atoms with van der Waals surface area (Å²) in [4.78, 5) is 26.6. The molecule has 1 fully saturated rings. The maximum atomic E-state index is 13.1. The van der Waals surface area contributed by atoms with Gasteiger partial charge in [-0.3, -0.25) is 9.36 Å². The molecule has 1 aliphatic rings. The number of anilines is 3. The molecular weight excluding hydrogens is 440 g/mol. The molecule has 0 bridgehead atoms. The molecule has 0 atom stereocenters. The Morgan fingerprint density at radius 2 is 1.86 bits per heavy atom. The number of benzene rings is 1. The Hall–Kier alpha value is -3.41. The fourth-order valence-corrected chi connectivity index (χ4v) is 4.65.